The van der Waals surface area contributed by atoms with E-state index in [1.165, 1.54) is 0 Å². The highest BCUT2D eigenvalue weighted by atomic mass is 127. The van der Waals surface area contributed by atoms with Gasteiger partial charge in [-0.1, -0.05) is 26.0 Å². The summed E-state index contributed by atoms with van der Waals surface area (Å²) in [5, 5.41) is 9.60. The van der Waals surface area contributed by atoms with E-state index >= 15 is 0 Å². The van der Waals surface area contributed by atoms with Crippen molar-refractivity contribution in [1.82, 2.24) is 15.5 Å². The van der Waals surface area contributed by atoms with Gasteiger partial charge in [0.15, 0.2) is 5.96 Å². The van der Waals surface area contributed by atoms with Gasteiger partial charge in [0.1, 0.15) is 0 Å². The van der Waals surface area contributed by atoms with E-state index in [1.807, 2.05) is 43.0 Å². The van der Waals surface area contributed by atoms with Crippen LogP contribution in [0, 0.1) is 0 Å². The molecule has 1 aromatic rings. The Morgan fingerprint density at radius 2 is 2.07 bits per heavy atom. The standard InChI is InChI=1S/C20H31N5O2.HI/c1-4-7-18(26)23-16-9-6-8-15(12-16)13-22-20(21-3)24-17-10-11-25(14-17)19(27)5-2;/h6,8-9,12,17H,4-5,7,10-11,13-14H2,1-3H3,(H,23,26)(H2,21,22,24);1H. The number of carbonyl (C=O) groups excluding carboxylic acids is 2. The fourth-order valence-corrected chi connectivity index (χ4v) is 3.11. The quantitative estimate of drug-likeness (QED) is 0.305. The number of rotatable bonds is 7. The number of carbonyl (C=O) groups is 2. The molecule has 1 atom stereocenters. The zero-order valence-electron chi connectivity index (χ0n) is 17.0. The third-order valence-electron chi connectivity index (χ3n) is 4.56. The molecule has 0 radical (unpaired) electrons. The fraction of sp³-hybridized carbons (Fsp3) is 0.550. The van der Waals surface area contributed by atoms with Gasteiger partial charge in [0.2, 0.25) is 11.8 Å². The fourth-order valence-electron chi connectivity index (χ4n) is 3.11. The van der Waals surface area contributed by atoms with E-state index in [0.717, 1.165) is 30.6 Å². The van der Waals surface area contributed by atoms with E-state index < -0.39 is 0 Å². The summed E-state index contributed by atoms with van der Waals surface area (Å²) in [5.41, 5.74) is 1.86. The van der Waals surface area contributed by atoms with Crippen molar-refractivity contribution in [2.75, 3.05) is 25.5 Å². The molecule has 7 nitrogen and oxygen atoms in total. The largest absolute Gasteiger partial charge is 0.352 e. The summed E-state index contributed by atoms with van der Waals surface area (Å²) in [6.07, 6.45) is 2.83. The molecule has 1 unspecified atom stereocenters. The SMILES string of the molecule is CCCC(=O)Nc1cccc(CNC(=NC)NC2CCN(C(=O)CC)C2)c1.I. The smallest absolute Gasteiger partial charge is 0.224 e. The van der Waals surface area contributed by atoms with Gasteiger partial charge in [0.05, 0.1) is 0 Å². The topological polar surface area (TPSA) is 85.8 Å². The van der Waals surface area contributed by atoms with Crippen LogP contribution in [0.3, 0.4) is 0 Å². The van der Waals surface area contributed by atoms with E-state index in [1.54, 1.807) is 7.05 Å². The maximum atomic E-state index is 11.8. The molecule has 0 aliphatic carbocycles. The number of hydrogen-bond donors (Lipinski definition) is 3. The number of nitrogens with zero attached hydrogens (tertiary/aromatic N) is 2. The molecule has 0 spiro atoms. The van der Waals surface area contributed by atoms with Crippen LogP contribution in [0.2, 0.25) is 0 Å². The van der Waals surface area contributed by atoms with Gasteiger partial charge in [-0.2, -0.15) is 0 Å². The van der Waals surface area contributed by atoms with Crippen LogP contribution in [0.15, 0.2) is 29.3 Å². The molecule has 1 aromatic carbocycles. The first-order valence-corrected chi connectivity index (χ1v) is 9.69. The Hall–Kier alpha value is -1.84. The Morgan fingerprint density at radius 3 is 2.75 bits per heavy atom. The molecule has 156 valence electrons. The summed E-state index contributed by atoms with van der Waals surface area (Å²) in [6.45, 7) is 5.98. The molecule has 1 aliphatic rings. The highest BCUT2D eigenvalue weighted by molar-refractivity contribution is 14.0. The predicted molar refractivity (Wildman–Crippen MR) is 124 cm³/mol. The Bertz CT molecular complexity index is 680. The Balaban J connectivity index is 0.00000392. The summed E-state index contributed by atoms with van der Waals surface area (Å²) in [5.74, 6) is 0.947. The maximum absolute atomic E-state index is 11.8. The van der Waals surface area contributed by atoms with Crippen molar-refractivity contribution in [3.8, 4) is 0 Å². The first-order valence-electron chi connectivity index (χ1n) is 9.69. The minimum Gasteiger partial charge on any atom is -0.352 e. The third-order valence-corrected chi connectivity index (χ3v) is 4.56. The normalized spacial score (nSPS) is 16.3. The van der Waals surface area contributed by atoms with Gasteiger partial charge in [-0.3, -0.25) is 14.6 Å². The number of guanidine groups is 1. The van der Waals surface area contributed by atoms with Crippen LogP contribution in [-0.4, -0.2) is 48.9 Å². The van der Waals surface area contributed by atoms with Gasteiger partial charge < -0.3 is 20.9 Å². The number of benzene rings is 1. The lowest BCUT2D eigenvalue weighted by atomic mass is 10.2. The molecule has 0 bridgehead atoms. The van der Waals surface area contributed by atoms with Gasteiger partial charge in [-0.25, -0.2) is 0 Å². The first-order chi connectivity index (χ1) is 13.0. The maximum Gasteiger partial charge on any atom is 0.224 e. The molecular formula is C20H32IN5O2. The number of anilines is 1. The van der Waals surface area contributed by atoms with E-state index in [2.05, 4.69) is 20.9 Å². The number of amides is 2. The monoisotopic (exact) mass is 501 g/mol. The summed E-state index contributed by atoms with van der Waals surface area (Å²) < 4.78 is 0. The van der Waals surface area contributed by atoms with Gasteiger partial charge in [0, 0.05) is 51.3 Å². The van der Waals surface area contributed by atoms with Crippen LogP contribution >= 0.6 is 24.0 Å². The number of likely N-dealkylation sites (tertiary alicyclic amines) is 1. The minimum absolute atomic E-state index is 0. The Kier molecular flexibility index (Phi) is 10.9. The van der Waals surface area contributed by atoms with Crippen LogP contribution < -0.4 is 16.0 Å². The van der Waals surface area contributed by atoms with Gasteiger partial charge >= 0.3 is 0 Å². The van der Waals surface area contributed by atoms with Crippen molar-refractivity contribution in [3.05, 3.63) is 29.8 Å². The van der Waals surface area contributed by atoms with Crippen molar-refractivity contribution >= 4 is 47.4 Å². The van der Waals surface area contributed by atoms with E-state index in [4.69, 9.17) is 0 Å². The lowest BCUT2D eigenvalue weighted by Crippen LogP contribution is -2.44. The third kappa shape index (κ3) is 7.65. The Morgan fingerprint density at radius 1 is 1.29 bits per heavy atom. The lowest BCUT2D eigenvalue weighted by molar-refractivity contribution is -0.129. The number of aliphatic imine (C=N–C) groups is 1. The second kappa shape index (κ2) is 12.6. The molecule has 1 saturated heterocycles. The average Bonchev–Trinajstić information content (AvgIpc) is 3.13. The molecule has 1 fully saturated rings. The first kappa shape index (κ1) is 24.2. The van der Waals surface area contributed by atoms with Crippen LogP contribution in [0.1, 0.15) is 45.1 Å². The van der Waals surface area contributed by atoms with Crippen molar-refractivity contribution < 1.29 is 9.59 Å². The van der Waals surface area contributed by atoms with E-state index in [0.29, 0.717) is 31.9 Å². The molecular weight excluding hydrogens is 469 g/mol. The van der Waals surface area contributed by atoms with Crippen molar-refractivity contribution in [1.29, 1.82) is 0 Å². The van der Waals surface area contributed by atoms with Crippen LogP contribution in [0.5, 0.6) is 0 Å². The number of halogens is 1. The predicted octanol–water partition coefficient (Wildman–Crippen LogP) is 2.72. The molecule has 2 amide bonds. The number of nitrogens with one attached hydrogen (secondary N) is 3. The number of hydrogen-bond acceptors (Lipinski definition) is 3. The zero-order chi connectivity index (χ0) is 19.6. The second-order valence-corrected chi connectivity index (χ2v) is 6.75. The molecule has 8 heteroatoms. The highest BCUT2D eigenvalue weighted by Crippen LogP contribution is 2.12. The molecule has 2 rings (SSSR count). The molecule has 0 aromatic heterocycles. The van der Waals surface area contributed by atoms with Crippen molar-refractivity contribution in [2.24, 2.45) is 4.99 Å². The zero-order valence-corrected chi connectivity index (χ0v) is 19.3. The summed E-state index contributed by atoms with van der Waals surface area (Å²) in [7, 11) is 1.74. The average molecular weight is 501 g/mol. The minimum atomic E-state index is 0. The van der Waals surface area contributed by atoms with Crippen molar-refractivity contribution in [2.45, 2.75) is 52.1 Å². The highest BCUT2D eigenvalue weighted by Gasteiger charge is 2.25. The van der Waals surface area contributed by atoms with Gasteiger partial charge in [0.25, 0.3) is 0 Å². The summed E-state index contributed by atoms with van der Waals surface area (Å²) in [6, 6.07) is 8.01. The summed E-state index contributed by atoms with van der Waals surface area (Å²) in [4.78, 5) is 29.7. The van der Waals surface area contributed by atoms with Crippen LogP contribution in [0.25, 0.3) is 0 Å². The van der Waals surface area contributed by atoms with E-state index in [-0.39, 0.29) is 41.8 Å². The summed E-state index contributed by atoms with van der Waals surface area (Å²) >= 11 is 0. The molecule has 3 N–H and O–H groups in total. The molecule has 28 heavy (non-hydrogen) atoms. The molecule has 1 heterocycles. The molecule has 1 aliphatic heterocycles. The van der Waals surface area contributed by atoms with Gasteiger partial charge in [-0.05, 0) is 30.5 Å². The van der Waals surface area contributed by atoms with E-state index in [9.17, 15) is 9.59 Å². The van der Waals surface area contributed by atoms with Crippen LogP contribution in [-0.2, 0) is 16.1 Å². The van der Waals surface area contributed by atoms with Gasteiger partial charge in [-0.15, -0.1) is 24.0 Å². The van der Waals surface area contributed by atoms with Crippen molar-refractivity contribution in [3.63, 3.8) is 0 Å². The lowest BCUT2D eigenvalue weighted by Gasteiger charge is -2.19. The van der Waals surface area contributed by atoms with Crippen LogP contribution in [0.4, 0.5) is 5.69 Å². The Labute approximate surface area is 184 Å². The second-order valence-electron chi connectivity index (χ2n) is 6.75. The molecule has 0 saturated carbocycles.